The number of carboxylic acid groups (broad SMARTS) is 1. The van der Waals surface area contributed by atoms with Crippen molar-refractivity contribution < 1.29 is 9.90 Å². The van der Waals surface area contributed by atoms with Gasteiger partial charge in [-0.3, -0.25) is 4.57 Å². The molecule has 4 nitrogen and oxygen atoms in total. The summed E-state index contributed by atoms with van der Waals surface area (Å²) in [5, 5.41) is 9.37. The van der Waals surface area contributed by atoms with Crippen LogP contribution < -0.4 is 0 Å². The first kappa shape index (κ1) is 12.9. The van der Waals surface area contributed by atoms with Crippen molar-refractivity contribution in [1.82, 2.24) is 9.55 Å². The average molecular weight is 331 g/mol. The fourth-order valence-corrected chi connectivity index (χ4v) is 2.73. The molecule has 1 aromatic heterocycles. The first-order chi connectivity index (χ1) is 9.58. The number of rotatable bonds is 2. The summed E-state index contributed by atoms with van der Waals surface area (Å²) >= 11 is 3.43. The van der Waals surface area contributed by atoms with Gasteiger partial charge in [-0.25, -0.2) is 9.78 Å². The molecule has 0 saturated carbocycles. The molecule has 0 radical (unpaired) electrons. The standard InChI is InChI=1S/C15H11BrN2O2/c1-9-17-13-7-3-6-12(15(19)20)14(13)18(9)11-5-2-4-10(16)8-11/h2-8H,1H3,(H,19,20). The summed E-state index contributed by atoms with van der Waals surface area (Å²) in [5.41, 5.74) is 2.44. The van der Waals surface area contributed by atoms with Crippen LogP contribution in [0.1, 0.15) is 16.2 Å². The van der Waals surface area contributed by atoms with E-state index in [2.05, 4.69) is 20.9 Å². The third-order valence-corrected chi connectivity index (χ3v) is 3.63. The van der Waals surface area contributed by atoms with Gasteiger partial charge in [0.05, 0.1) is 16.6 Å². The molecule has 0 aliphatic heterocycles. The topological polar surface area (TPSA) is 55.1 Å². The molecule has 0 aliphatic carbocycles. The minimum atomic E-state index is -0.952. The highest BCUT2D eigenvalue weighted by Gasteiger charge is 2.16. The van der Waals surface area contributed by atoms with Crippen molar-refractivity contribution in [2.75, 3.05) is 0 Å². The normalized spacial score (nSPS) is 10.9. The van der Waals surface area contributed by atoms with Gasteiger partial charge in [-0.05, 0) is 37.3 Å². The van der Waals surface area contributed by atoms with Crippen molar-refractivity contribution in [3.05, 3.63) is 58.3 Å². The van der Waals surface area contributed by atoms with E-state index in [1.807, 2.05) is 41.8 Å². The third-order valence-electron chi connectivity index (χ3n) is 3.14. The summed E-state index contributed by atoms with van der Waals surface area (Å²) in [7, 11) is 0. The Kier molecular flexibility index (Phi) is 3.06. The van der Waals surface area contributed by atoms with Crippen LogP contribution in [-0.4, -0.2) is 20.6 Å². The Morgan fingerprint density at radius 2 is 2.00 bits per heavy atom. The Bertz CT molecular complexity index is 824. The van der Waals surface area contributed by atoms with Gasteiger partial charge in [0.2, 0.25) is 0 Å². The number of nitrogens with zero attached hydrogens (tertiary/aromatic N) is 2. The lowest BCUT2D eigenvalue weighted by Gasteiger charge is -2.09. The Morgan fingerprint density at radius 1 is 1.25 bits per heavy atom. The van der Waals surface area contributed by atoms with Gasteiger partial charge in [0.15, 0.2) is 0 Å². The minimum Gasteiger partial charge on any atom is -0.478 e. The van der Waals surface area contributed by atoms with Crippen molar-refractivity contribution in [2.45, 2.75) is 6.92 Å². The minimum absolute atomic E-state index is 0.253. The molecule has 0 saturated heterocycles. The van der Waals surface area contributed by atoms with Gasteiger partial charge in [0.25, 0.3) is 0 Å². The molecule has 0 atom stereocenters. The maximum absolute atomic E-state index is 11.4. The van der Waals surface area contributed by atoms with Crippen LogP contribution >= 0.6 is 15.9 Å². The fraction of sp³-hybridized carbons (Fsp3) is 0.0667. The second kappa shape index (κ2) is 4.76. The number of para-hydroxylation sites is 1. The molecule has 1 heterocycles. The van der Waals surface area contributed by atoms with E-state index >= 15 is 0 Å². The van der Waals surface area contributed by atoms with Crippen LogP contribution in [0.3, 0.4) is 0 Å². The number of aromatic nitrogens is 2. The van der Waals surface area contributed by atoms with E-state index in [1.165, 1.54) is 0 Å². The Labute approximate surface area is 123 Å². The molecule has 0 spiro atoms. The Balaban J connectivity index is 2.41. The molecular weight excluding hydrogens is 320 g/mol. The quantitative estimate of drug-likeness (QED) is 0.777. The van der Waals surface area contributed by atoms with Crippen LogP contribution in [0.5, 0.6) is 0 Å². The van der Waals surface area contributed by atoms with Crippen molar-refractivity contribution in [3.63, 3.8) is 0 Å². The molecule has 3 rings (SSSR count). The second-order valence-electron chi connectivity index (χ2n) is 4.45. The summed E-state index contributed by atoms with van der Waals surface area (Å²) in [5.74, 6) is -0.196. The Morgan fingerprint density at radius 3 is 2.70 bits per heavy atom. The zero-order valence-corrected chi connectivity index (χ0v) is 12.3. The fourth-order valence-electron chi connectivity index (χ4n) is 2.35. The van der Waals surface area contributed by atoms with Gasteiger partial charge in [-0.2, -0.15) is 0 Å². The van der Waals surface area contributed by atoms with Gasteiger partial charge < -0.3 is 5.11 Å². The number of hydrogen-bond acceptors (Lipinski definition) is 2. The molecule has 5 heteroatoms. The number of halogens is 1. The van der Waals surface area contributed by atoms with Gasteiger partial charge in [-0.15, -0.1) is 0 Å². The van der Waals surface area contributed by atoms with Gasteiger partial charge >= 0.3 is 5.97 Å². The third kappa shape index (κ3) is 2.00. The molecule has 1 N–H and O–H groups in total. The molecule has 0 aliphatic rings. The van der Waals surface area contributed by atoms with E-state index in [-0.39, 0.29) is 5.56 Å². The van der Waals surface area contributed by atoms with Crippen molar-refractivity contribution in [2.24, 2.45) is 0 Å². The first-order valence-electron chi connectivity index (χ1n) is 6.05. The number of carbonyl (C=O) groups is 1. The molecular formula is C15H11BrN2O2. The highest BCUT2D eigenvalue weighted by Crippen LogP contribution is 2.26. The number of carboxylic acids is 1. The number of fused-ring (bicyclic) bond motifs is 1. The highest BCUT2D eigenvalue weighted by molar-refractivity contribution is 9.10. The summed E-state index contributed by atoms with van der Waals surface area (Å²) in [6, 6.07) is 12.8. The predicted octanol–water partition coefficient (Wildman–Crippen LogP) is 3.79. The smallest absolute Gasteiger partial charge is 0.337 e. The predicted molar refractivity (Wildman–Crippen MR) is 80.5 cm³/mol. The zero-order valence-electron chi connectivity index (χ0n) is 10.7. The molecule has 100 valence electrons. The molecule has 20 heavy (non-hydrogen) atoms. The van der Waals surface area contributed by atoms with Gasteiger partial charge in [-0.1, -0.05) is 28.1 Å². The molecule has 2 aromatic carbocycles. The lowest BCUT2D eigenvalue weighted by molar-refractivity contribution is 0.0698. The lowest BCUT2D eigenvalue weighted by Crippen LogP contribution is -2.03. The molecule has 0 fully saturated rings. The van der Waals surface area contributed by atoms with Crippen LogP contribution in [-0.2, 0) is 0 Å². The van der Waals surface area contributed by atoms with Crippen LogP contribution in [0.2, 0.25) is 0 Å². The summed E-state index contributed by atoms with van der Waals surface area (Å²) in [4.78, 5) is 15.9. The summed E-state index contributed by atoms with van der Waals surface area (Å²) in [6.07, 6.45) is 0. The summed E-state index contributed by atoms with van der Waals surface area (Å²) in [6.45, 7) is 1.87. The van der Waals surface area contributed by atoms with Crippen LogP contribution in [0.15, 0.2) is 46.9 Å². The van der Waals surface area contributed by atoms with E-state index < -0.39 is 5.97 Å². The van der Waals surface area contributed by atoms with Gasteiger partial charge in [0, 0.05) is 10.2 Å². The monoisotopic (exact) mass is 330 g/mol. The van der Waals surface area contributed by atoms with E-state index in [9.17, 15) is 9.90 Å². The SMILES string of the molecule is Cc1nc2cccc(C(=O)O)c2n1-c1cccc(Br)c1. The number of imidazole rings is 1. The van der Waals surface area contributed by atoms with Crippen molar-refractivity contribution in [1.29, 1.82) is 0 Å². The van der Waals surface area contributed by atoms with E-state index in [0.29, 0.717) is 11.0 Å². The maximum atomic E-state index is 11.4. The average Bonchev–Trinajstić information content (AvgIpc) is 2.74. The van der Waals surface area contributed by atoms with Crippen LogP contribution in [0, 0.1) is 6.92 Å². The first-order valence-corrected chi connectivity index (χ1v) is 6.84. The molecule has 0 amide bonds. The van der Waals surface area contributed by atoms with Crippen LogP contribution in [0.25, 0.3) is 16.7 Å². The molecule has 0 unspecified atom stereocenters. The van der Waals surface area contributed by atoms with Crippen molar-refractivity contribution >= 4 is 32.9 Å². The number of aryl methyl sites for hydroxylation is 1. The zero-order chi connectivity index (χ0) is 14.3. The molecule has 3 aromatic rings. The number of benzene rings is 2. The Hall–Kier alpha value is -2.14. The number of aromatic carboxylic acids is 1. The second-order valence-corrected chi connectivity index (χ2v) is 5.37. The maximum Gasteiger partial charge on any atom is 0.337 e. The molecule has 0 bridgehead atoms. The largest absolute Gasteiger partial charge is 0.478 e. The lowest BCUT2D eigenvalue weighted by atomic mass is 10.2. The highest BCUT2D eigenvalue weighted by atomic mass is 79.9. The van der Waals surface area contributed by atoms with Gasteiger partial charge in [0.1, 0.15) is 5.82 Å². The number of hydrogen-bond donors (Lipinski definition) is 1. The summed E-state index contributed by atoms with van der Waals surface area (Å²) < 4.78 is 2.80. The van der Waals surface area contributed by atoms with Crippen LogP contribution in [0.4, 0.5) is 0 Å². The van der Waals surface area contributed by atoms with Crippen molar-refractivity contribution in [3.8, 4) is 5.69 Å². The van der Waals surface area contributed by atoms with E-state index in [0.717, 1.165) is 16.0 Å². The van der Waals surface area contributed by atoms with E-state index in [1.54, 1.807) is 12.1 Å². The van der Waals surface area contributed by atoms with E-state index in [4.69, 9.17) is 0 Å².